The molecule has 6 aromatic rings. The van der Waals surface area contributed by atoms with Crippen LogP contribution in [0.5, 0.6) is 0 Å². The number of aromatic nitrogens is 4. The third kappa shape index (κ3) is 8.80. The second-order valence-corrected chi connectivity index (χ2v) is 16.6. The molecule has 64 heavy (non-hydrogen) atoms. The number of hydrogen-bond acceptors (Lipinski definition) is 9. The third-order valence-electron chi connectivity index (χ3n) is 12.9. The van der Waals surface area contributed by atoms with Crippen LogP contribution < -0.4 is 10.6 Å². The summed E-state index contributed by atoms with van der Waals surface area (Å²) in [6.07, 6.45) is 6.92. The first-order valence-corrected chi connectivity index (χ1v) is 22.0. The normalized spacial score (nSPS) is 18.7. The molecule has 2 aromatic heterocycles. The number of nitrogens with one attached hydrogen (secondary N) is 4. The van der Waals surface area contributed by atoms with Gasteiger partial charge in [-0.15, -0.1) is 0 Å². The largest absolute Gasteiger partial charge is 0.453 e. The number of fused-ring (bicyclic) bond motifs is 1. The van der Waals surface area contributed by atoms with Crippen molar-refractivity contribution in [1.82, 2.24) is 40.4 Å². The first kappa shape index (κ1) is 42.3. The summed E-state index contributed by atoms with van der Waals surface area (Å²) in [7, 11) is 2.59. The summed E-state index contributed by atoms with van der Waals surface area (Å²) < 4.78 is 15.2. The van der Waals surface area contributed by atoms with Crippen molar-refractivity contribution in [3.8, 4) is 33.6 Å². The van der Waals surface area contributed by atoms with E-state index in [0.717, 1.165) is 75.9 Å². The first-order chi connectivity index (χ1) is 31.3. The maximum atomic E-state index is 14.0. The van der Waals surface area contributed by atoms with Crippen molar-refractivity contribution < 1.29 is 33.4 Å². The van der Waals surface area contributed by atoms with Gasteiger partial charge in [-0.2, -0.15) is 0 Å². The molecule has 4 N–H and O–H groups in total. The van der Waals surface area contributed by atoms with Crippen molar-refractivity contribution in [3.05, 3.63) is 121 Å². The number of H-pyrrole nitrogens is 2. The molecule has 0 saturated carbocycles. The molecule has 15 heteroatoms. The van der Waals surface area contributed by atoms with Gasteiger partial charge in [0.05, 0.1) is 50.1 Å². The highest BCUT2D eigenvalue weighted by atomic mass is 16.5. The molecule has 4 atom stereocenters. The minimum atomic E-state index is -0.882. The Hall–Kier alpha value is -7.00. The lowest BCUT2D eigenvalue weighted by Gasteiger charge is -2.34. The number of carbonyl (C=O) groups excluding carboxylic acids is 4. The monoisotopic (exact) mass is 864 g/mol. The van der Waals surface area contributed by atoms with Crippen LogP contribution in [-0.2, 0) is 23.8 Å². The van der Waals surface area contributed by atoms with Gasteiger partial charge in [-0.1, -0.05) is 78.9 Å². The van der Waals surface area contributed by atoms with Crippen LogP contribution in [0.15, 0.2) is 103 Å². The van der Waals surface area contributed by atoms with E-state index in [4.69, 9.17) is 24.2 Å². The lowest BCUT2D eigenvalue weighted by Crippen LogP contribution is -2.53. The van der Waals surface area contributed by atoms with Gasteiger partial charge >= 0.3 is 12.2 Å². The molecule has 0 radical (unpaired) electrons. The Balaban J connectivity index is 0.868. The fraction of sp³-hybridized carbons (Fsp3) is 0.347. The van der Waals surface area contributed by atoms with Crippen molar-refractivity contribution in [2.24, 2.45) is 5.92 Å². The van der Waals surface area contributed by atoms with E-state index in [-0.39, 0.29) is 29.8 Å². The van der Waals surface area contributed by atoms with Gasteiger partial charge in [-0.25, -0.2) is 19.6 Å². The Morgan fingerprint density at radius 1 is 0.641 bits per heavy atom. The SMILES string of the molecule is COC(=O)N[C@H](C(=O)N1CCC[C@H]1c1ncc(-c2ccc3cc(-c4ccc(-c5cnc([C@@H]6CCCN6C(=O)[C@H](NC(=O)OC)c6ccccc6)[nH]5)cc4)ccc3c2)[nH]1)C1CCOCC1. The van der Waals surface area contributed by atoms with Gasteiger partial charge in [0.25, 0.3) is 5.91 Å². The van der Waals surface area contributed by atoms with Crippen LogP contribution in [0, 0.1) is 5.92 Å². The number of rotatable bonds is 11. The van der Waals surface area contributed by atoms with Gasteiger partial charge in [0.2, 0.25) is 5.91 Å². The third-order valence-corrected chi connectivity index (χ3v) is 12.9. The number of ether oxygens (including phenoxy) is 3. The zero-order chi connectivity index (χ0) is 44.2. The molecule has 4 aromatic carbocycles. The number of imidazole rings is 2. The molecule has 0 aliphatic carbocycles. The van der Waals surface area contributed by atoms with E-state index in [1.807, 2.05) is 41.4 Å². The minimum absolute atomic E-state index is 0.0305. The zero-order valence-corrected chi connectivity index (χ0v) is 35.9. The number of amides is 4. The van der Waals surface area contributed by atoms with E-state index in [2.05, 4.69) is 81.3 Å². The van der Waals surface area contributed by atoms with Crippen LogP contribution in [-0.4, -0.2) is 100 Å². The highest BCUT2D eigenvalue weighted by Crippen LogP contribution is 2.37. The Morgan fingerprint density at radius 3 is 1.80 bits per heavy atom. The quantitative estimate of drug-likeness (QED) is 0.101. The zero-order valence-electron chi connectivity index (χ0n) is 35.9. The van der Waals surface area contributed by atoms with Gasteiger partial charge in [-0.3, -0.25) is 9.59 Å². The fourth-order valence-electron chi connectivity index (χ4n) is 9.44. The summed E-state index contributed by atoms with van der Waals surface area (Å²) in [6.45, 7) is 2.26. The van der Waals surface area contributed by atoms with Gasteiger partial charge < -0.3 is 44.6 Å². The molecule has 4 amide bonds. The van der Waals surface area contributed by atoms with E-state index in [9.17, 15) is 19.2 Å². The Kier molecular flexibility index (Phi) is 12.4. The summed E-state index contributed by atoms with van der Waals surface area (Å²) in [4.78, 5) is 72.6. The summed E-state index contributed by atoms with van der Waals surface area (Å²) >= 11 is 0. The number of nitrogens with zero attached hydrogens (tertiary/aromatic N) is 4. The number of alkyl carbamates (subject to hydrolysis) is 2. The van der Waals surface area contributed by atoms with Crippen LogP contribution in [0.1, 0.15) is 73.9 Å². The standard InChI is InChI=1S/C49H52N8O7/c1-62-48(60)54-42(32-8-4-3-5-9-32)46(58)56-22-6-10-40(56)44-50-28-38(52-44)31-14-12-30(13-15-31)34-16-17-36-27-37(19-18-35(36)26-34)39-29-51-45(53-39)41-11-7-23-57(41)47(59)43(55-49(61)63-2)33-20-24-64-25-21-33/h3-5,8-9,12-19,26-29,33,40-43H,6-7,10-11,20-25H2,1-2H3,(H,50,52)(H,51,53)(H,54,60)(H,55,61)/t40-,41-,42+,43-/m0/s1. The molecule has 9 rings (SSSR count). The number of carbonyl (C=O) groups is 4. The molecule has 330 valence electrons. The lowest BCUT2D eigenvalue weighted by atomic mass is 9.90. The average molecular weight is 865 g/mol. The summed E-state index contributed by atoms with van der Waals surface area (Å²) in [5.74, 6) is 1.08. The molecule has 3 fully saturated rings. The van der Waals surface area contributed by atoms with Gasteiger partial charge in [-0.05, 0) is 89.6 Å². The second-order valence-electron chi connectivity index (χ2n) is 16.6. The van der Waals surface area contributed by atoms with Crippen LogP contribution in [0.3, 0.4) is 0 Å². The van der Waals surface area contributed by atoms with E-state index < -0.39 is 24.3 Å². The first-order valence-electron chi connectivity index (χ1n) is 22.0. The van der Waals surface area contributed by atoms with Crippen LogP contribution in [0.2, 0.25) is 0 Å². The Labute approximate surface area is 370 Å². The van der Waals surface area contributed by atoms with E-state index in [0.29, 0.717) is 50.5 Å². The summed E-state index contributed by atoms with van der Waals surface area (Å²) in [5, 5.41) is 7.72. The molecule has 0 spiro atoms. The smallest absolute Gasteiger partial charge is 0.407 e. The van der Waals surface area contributed by atoms with Crippen molar-refractivity contribution >= 4 is 34.8 Å². The predicted molar refractivity (Wildman–Crippen MR) is 240 cm³/mol. The maximum absolute atomic E-state index is 14.0. The molecule has 3 aliphatic heterocycles. The number of aromatic amines is 2. The molecule has 3 saturated heterocycles. The van der Waals surface area contributed by atoms with Crippen molar-refractivity contribution in [1.29, 1.82) is 0 Å². The van der Waals surface area contributed by atoms with Crippen LogP contribution >= 0.6 is 0 Å². The maximum Gasteiger partial charge on any atom is 0.407 e. The van der Waals surface area contributed by atoms with Gasteiger partial charge in [0.1, 0.15) is 23.7 Å². The molecular weight excluding hydrogens is 813 g/mol. The topological polar surface area (TPSA) is 184 Å². The second kappa shape index (κ2) is 18.8. The van der Waals surface area contributed by atoms with Crippen LogP contribution in [0.25, 0.3) is 44.4 Å². The highest BCUT2D eigenvalue weighted by molar-refractivity contribution is 5.91. The fourth-order valence-corrected chi connectivity index (χ4v) is 9.44. The number of benzene rings is 4. The van der Waals surface area contributed by atoms with Crippen molar-refractivity contribution in [3.63, 3.8) is 0 Å². The highest BCUT2D eigenvalue weighted by Gasteiger charge is 2.40. The molecule has 0 bridgehead atoms. The molecule has 5 heterocycles. The molecule has 0 unspecified atom stereocenters. The molecular formula is C49H52N8O7. The Morgan fingerprint density at radius 2 is 1.17 bits per heavy atom. The van der Waals surface area contributed by atoms with Crippen molar-refractivity contribution in [2.75, 3.05) is 40.5 Å². The van der Waals surface area contributed by atoms with Crippen molar-refractivity contribution in [2.45, 2.75) is 62.7 Å². The molecule has 15 nitrogen and oxygen atoms in total. The van der Waals surface area contributed by atoms with E-state index in [1.165, 1.54) is 14.2 Å². The van der Waals surface area contributed by atoms with Gasteiger partial charge in [0.15, 0.2) is 0 Å². The average Bonchev–Trinajstić information content (AvgIpc) is 4.20. The molecule has 3 aliphatic rings. The predicted octanol–water partition coefficient (Wildman–Crippen LogP) is 7.86. The number of likely N-dealkylation sites (tertiary alicyclic amines) is 2. The van der Waals surface area contributed by atoms with E-state index in [1.54, 1.807) is 11.1 Å². The van der Waals surface area contributed by atoms with Crippen LogP contribution in [0.4, 0.5) is 9.59 Å². The number of hydrogen-bond donors (Lipinski definition) is 4. The summed E-state index contributed by atoms with van der Waals surface area (Å²) in [6, 6.07) is 28.2. The summed E-state index contributed by atoms with van der Waals surface area (Å²) in [5.41, 5.74) is 6.51. The number of methoxy groups -OCH3 is 2. The lowest BCUT2D eigenvalue weighted by molar-refractivity contribution is -0.137. The Bertz CT molecular complexity index is 2620. The minimum Gasteiger partial charge on any atom is -0.453 e. The van der Waals surface area contributed by atoms with E-state index >= 15 is 0 Å². The van der Waals surface area contributed by atoms with Gasteiger partial charge in [0, 0.05) is 31.9 Å².